The molecule has 3 aromatic carbocycles. The molecule has 0 saturated heterocycles. The SMILES string of the molecule is COc1cc(C(CCc2ccccc2)NCC(O)Cc2ccc(O)c(NS(C)(=O)=O)c2)ccc1OC(F)F. The Morgan fingerprint density at radius 2 is 1.71 bits per heavy atom. The van der Waals surface area contributed by atoms with Gasteiger partial charge in [0.1, 0.15) is 5.75 Å². The third-order valence-electron chi connectivity index (χ3n) is 5.80. The minimum Gasteiger partial charge on any atom is -0.506 e. The van der Waals surface area contributed by atoms with Crippen LogP contribution in [-0.4, -0.2) is 51.3 Å². The van der Waals surface area contributed by atoms with Crippen molar-refractivity contribution in [2.75, 3.05) is 24.6 Å². The van der Waals surface area contributed by atoms with E-state index in [0.717, 1.165) is 23.8 Å². The second kappa shape index (κ2) is 13.4. The number of nitrogens with one attached hydrogen (secondary N) is 2. The van der Waals surface area contributed by atoms with Gasteiger partial charge >= 0.3 is 6.61 Å². The summed E-state index contributed by atoms with van der Waals surface area (Å²) in [4.78, 5) is 0. The molecule has 3 rings (SSSR count). The number of benzene rings is 3. The predicted octanol–water partition coefficient (Wildman–Crippen LogP) is 4.24. The Morgan fingerprint density at radius 1 is 0.974 bits per heavy atom. The van der Waals surface area contributed by atoms with Crippen molar-refractivity contribution in [3.05, 3.63) is 83.4 Å². The van der Waals surface area contributed by atoms with E-state index in [4.69, 9.17) is 4.74 Å². The second-order valence-corrected chi connectivity index (χ2v) is 10.6. The standard InChI is InChI=1S/C27H32F2N2O6S/c1-36-26-16-20(10-13-25(26)37-27(28)29)22(11-8-18-6-4-3-5-7-18)30-17-21(32)14-19-9-12-24(33)23(15-19)31-38(2,34)35/h3-7,9-10,12-13,15-16,21-22,27,30-33H,8,11,14,17H2,1-2H3. The Kier molecular flexibility index (Phi) is 10.3. The number of phenolic OH excluding ortho intramolecular Hbond substituents is 1. The number of aryl methyl sites for hydroxylation is 1. The normalized spacial score (nSPS) is 13.2. The van der Waals surface area contributed by atoms with E-state index in [1.807, 2.05) is 30.3 Å². The fraction of sp³-hybridized carbons (Fsp3) is 0.333. The van der Waals surface area contributed by atoms with Crippen LogP contribution in [0.2, 0.25) is 0 Å². The third kappa shape index (κ3) is 9.16. The van der Waals surface area contributed by atoms with E-state index in [1.54, 1.807) is 18.2 Å². The van der Waals surface area contributed by atoms with Gasteiger partial charge in [0.15, 0.2) is 11.5 Å². The molecule has 38 heavy (non-hydrogen) atoms. The fourth-order valence-corrected chi connectivity index (χ4v) is 4.61. The van der Waals surface area contributed by atoms with Crippen molar-refractivity contribution in [2.45, 2.75) is 38.0 Å². The summed E-state index contributed by atoms with van der Waals surface area (Å²) in [6.07, 6.45) is 1.71. The zero-order valence-corrected chi connectivity index (χ0v) is 21.9. The summed E-state index contributed by atoms with van der Waals surface area (Å²) < 4.78 is 60.6. The Balaban J connectivity index is 1.74. The first-order valence-electron chi connectivity index (χ1n) is 11.9. The van der Waals surface area contributed by atoms with Gasteiger partial charge in [-0.25, -0.2) is 8.42 Å². The van der Waals surface area contributed by atoms with E-state index in [9.17, 15) is 27.4 Å². The number of aromatic hydroxyl groups is 1. The molecular formula is C27H32F2N2O6S. The molecule has 0 aliphatic heterocycles. The van der Waals surface area contributed by atoms with Crippen LogP contribution in [-0.2, 0) is 22.9 Å². The van der Waals surface area contributed by atoms with Gasteiger partial charge in [-0.05, 0) is 60.2 Å². The molecule has 0 bridgehead atoms. The van der Waals surface area contributed by atoms with Gasteiger partial charge in [0, 0.05) is 12.6 Å². The van der Waals surface area contributed by atoms with Gasteiger partial charge in [-0.3, -0.25) is 4.72 Å². The molecule has 0 amide bonds. The highest BCUT2D eigenvalue weighted by molar-refractivity contribution is 7.92. The molecule has 8 nitrogen and oxygen atoms in total. The van der Waals surface area contributed by atoms with Gasteiger partial charge in [0.25, 0.3) is 0 Å². The highest BCUT2D eigenvalue weighted by Gasteiger charge is 2.18. The van der Waals surface area contributed by atoms with Gasteiger partial charge in [-0.15, -0.1) is 0 Å². The summed E-state index contributed by atoms with van der Waals surface area (Å²) in [5.41, 5.74) is 2.55. The van der Waals surface area contributed by atoms with E-state index in [1.165, 1.54) is 25.3 Å². The number of hydrogen-bond donors (Lipinski definition) is 4. The zero-order valence-electron chi connectivity index (χ0n) is 21.1. The van der Waals surface area contributed by atoms with Crippen LogP contribution in [0.4, 0.5) is 14.5 Å². The highest BCUT2D eigenvalue weighted by atomic mass is 32.2. The van der Waals surface area contributed by atoms with Crippen molar-refractivity contribution >= 4 is 15.7 Å². The Labute approximate surface area is 221 Å². The van der Waals surface area contributed by atoms with Gasteiger partial charge in [0.05, 0.1) is 25.2 Å². The molecule has 0 heterocycles. The minimum atomic E-state index is -3.59. The van der Waals surface area contributed by atoms with Crippen LogP contribution < -0.4 is 19.5 Å². The molecule has 2 unspecified atom stereocenters. The molecule has 0 aliphatic carbocycles. The summed E-state index contributed by atoms with van der Waals surface area (Å²) in [5, 5.41) is 24.0. The molecule has 0 radical (unpaired) electrons. The van der Waals surface area contributed by atoms with E-state index in [-0.39, 0.29) is 41.9 Å². The van der Waals surface area contributed by atoms with E-state index < -0.39 is 22.7 Å². The van der Waals surface area contributed by atoms with Crippen LogP contribution in [0.1, 0.15) is 29.2 Å². The lowest BCUT2D eigenvalue weighted by atomic mass is 9.98. The largest absolute Gasteiger partial charge is 0.506 e. The number of halogens is 2. The number of phenols is 1. The van der Waals surface area contributed by atoms with Gasteiger partial charge < -0.3 is 25.0 Å². The molecule has 0 aromatic heterocycles. The zero-order chi connectivity index (χ0) is 27.7. The van der Waals surface area contributed by atoms with Crippen LogP contribution in [0.15, 0.2) is 66.7 Å². The number of ether oxygens (including phenoxy) is 2. The van der Waals surface area contributed by atoms with Crippen LogP contribution >= 0.6 is 0 Å². The number of hydrogen-bond acceptors (Lipinski definition) is 7. The maximum atomic E-state index is 12.8. The van der Waals surface area contributed by atoms with Gasteiger partial charge in [-0.1, -0.05) is 42.5 Å². The van der Waals surface area contributed by atoms with E-state index >= 15 is 0 Å². The number of alkyl halides is 2. The third-order valence-corrected chi connectivity index (χ3v) is 6.39. The van der Waals surface area contributed by atoms with Gasteiger partial charge in [0.2, 0.25) is 10.0 Å². The van der Waals surface area contributed by atoms with Crippen LogP contribution in [0.5, 0.6) is 17.2 Å². The molecule has 206 valence electrons. The lowest BCUT2D eigenvalue weighted by molar-refractivity contribution is -0.0512. The van der Waals surface area contributed by atoms with Crippen LogP contribution in [0.25, 0.3) is 0 Å². The van der Waals surface area contributed by atoms with Crippen LogP contribution in [0, 0.1) is 0 Å². The summed E-state index contributed by atoms with van der Waals surface area (Å²) in [6.45, 7) is -2.79. The number of anilines is 1. The molecule has 2 atom stereocenters. The molecule has 0 fully saturated rings. The second-order valence-electron chi connectivity index (χ2n) is 8.86. The Bertz CT molecular complexity index is 1290. The molecular weight excluding hydrogens is 518 g/mol. The van der Waals surface area contributed by atoms with E-state index in [0.29, 0.717) is 12.0 Å². The number of sulfonamides is 1. The number of rotatable bonds is 14. The fourth-order valence-electron chi connectivity index (χ4n) is 4.05. The van der Waals surface area contributed by atoms with Crippen molar-refractivity contribution in [3.63, 3.8) is 0 Å². The molecule has 11 heteroatoms. The number of methoxy groups -OCH3 is 1. The summed E-state index contributed by atoms with van der Waals surface area (Å²) in [7, 11) is -2.21. The predicted molar refractivity (Wildman–Crippen MR) is 141 cm³/mol. The van der Waals surface area contributed by atoms with Gasteiger partial charge in [-0.2, -0.15) is 8.78 Å². The average Bonchev–Trinajstić information content (AvgIpc) is 2.86. The first-order valence-corrected chi connectivity index (χ1v) is 13.8. The molecule has 0 aliphatic rings. The van der Waals surface area contributed by atoms with Crippen molar-refractivity contribution < 1.29 is 36.9 Å². The Morgan fingerprint density at radius 3 is 2.37 bits per heavy atom. The first kappa shape index (κ1) is 29.2. The van der Waals surface area contributed by atoms with Crippen LogP contribution in [0.3, 0.4) is 0 Å². The topological polar surface area (TPSA) is 117 Å². The number of aliphatic hydroxyl groups is 1. The minimum absolute atomic E-state index is 0.0316. The number of aliphatic hydroxyl groups excluding tert-OH is 1. The summed E-state index contributed by atoms with van der Waals surface area (Å²) >= 11 is 0. The summed E-state index contributed by atoms with van der Waals surface area (Å²) in [5.74, 6) is -0.121. The quantitative estimate of drug-likeness (QED) is 0.222. The van der Waals surface area contributed by atoms with Crippen molar-refractivity contribution in [1.82, 2.24) is 5.32 Å². The maximum absolute atomic E-state index is 12.8. The highest BCUT2D eigenvalue weighted by Crippen LogP contribution is 2.33. The first-order chi connectivity index (χ1) is 18.0. The Hall–Kier alpha value is -3.41. The van der Waals surface area contributed by atoms with Crippen molar-refractivity contribution in [3.8, 4) is 17.2 Å². The molecule has 0 saturated carbocycles. The lowest BCUT2D eigenvalue weighted by Crippen LogP contribution is -2.32. The van der Waals surface area contributed by atoms with Crippen molar-refractivity contribution in [2.24, 2.45) is 0 Å². The molecule has 0 spiro atoms. The average molecular weight is 551 g/mol. The smallest absolute Gasteiger partial charge is 0.387 e. The molecule has 3 aromatic rings. The monoisotopic (exact) mass is 550 g/mol. The lowest BCUT2D eigenvalue weighted by Gasteiger charge is -2.23. The van der Waals surface area contributed by atoms with E-state index in [2.05, 4.69) is 14.8 Å². The molecule has 4 N–H and O–H groups in total. The maximum Gasteiger partial charge on any atom is 0.387 e. The summed E-state index contributed by atoms with van der Waals surface area (Å²) in [6, 6.07) is 18.8. The van der Waals surface area contributed by atoms with Crippen molar-refractivity contribution in [1.29, 1.82) is 0 Å².